The van der Waals surface area contributed by atoms with Crippen molar-refractivity contribution in [1.29, 1.82) is 0 Å². The number of carbonyl (C=O) groups is 1. The van der Waals surface area contributed by atoms with Crippen LogP contribution in [0.2, 0.25) is 0 Å². The van der Waals surface area contributed by atoms with E-state index in [0.717, 1.165) is 38.5 Å². The number of nitrogens with zero attached hydrogens (tertiary/aromatic N) is 1. The molecular formula is C22H27N2O2+. The molecule has 1 heterocycles. The Labute approximate surface area is 155 Å². The molecule has 0 atom stereocenters. The molecule has 1 amide bonds. The summed E-state index contributed by atoms with van der Waals surface area (Å²) in [5.74, 6) is 0.860. The fourth-order valence-corrected chi connectivity index (χ4v) is 3.22. The van der Waals surface area contributed by atoms with Crippen LogP contribution in [0.5, 0.6) is 5.75 Å². The Hall–Kier alpha value is -2.59. The molecule has 1 fully saturated rings. The zero-order valence-electron chi connectivity index (χ0n) is 15.4. The van der Waals surface area contributed by atoms with Crippen LogP contribution in [0, 0.1) is 0 Å². The van der Waals surface area contributed by atoms with Crippen molar-refractivity contribution in [2.45, 2.75) is 6.92 Å². The molecule has 1 aliphatic rings. The lowest BCUT2D eigenvalue weighted by atomic mass is 10.1. The second-order valence-electron chi connectivity index (χ2n) is 6.52. The quantitative estimate of drug-likeness (QED) is 0.865. The van der Waals surface area contributed by atoms with E-state index in [4.69, 9.17) is 4.74 Å². The molecule has 1 N–H and O–H groups in total. The number of piperazine rings is 1. The maximum absolute atomic E-state index is 12.7. The summed E-state index contributed by atoms with van der Waals surface area (Å²) in [7, 11) is 0. The predicted molar refractivity (Wildman–Crippen MR) is 105 cm³/mol. The van der Waals surface area contributed by atoms with Crippen LogP contribution < -0.4 is 9.64 Å². The third-order valence-corrected chi connectivity index (χ3v) is 4.67. The fraction of sp³-hybridized carbons (Fsp3) is 0.318. The Morgan fingerprint density at radius 1 is 1.12 bits per heavy atom. The van der Waals surface area contributed by atoms with E-state index < -0.39 is 0 Å². The third kappa shape index (κ3) is 4.96. The number of nitrogens with one attached hydrogen (secondary N) is 1. The highest BCUT2D eigenvalue weighted by atomic mass is 16.5. The van der Waals surface area contributed by atoms with Crippen LogP contribution in [-0.2, 0) is 0 Å². The van der Waals surface area contributed by atoms with E-state index in [0.29, 0.717) is 12.2 Å². The number of rotatable bonds is 6. The molecule has 136 valence electrons. The molecule has 0 unspecified atom stereocenters. The van der Waals surface area contributed by atoms with Gasteiger partial charge in [0.2, 0.25) is 0 Å². The number of amides is 1. The first kappa shape index (κ1) is 18.2. The van der Waals surface area contributed by atoms with Crippen LogP contribution in [0.1, 0.15) is 22.8 Å². The highest BCUT2D eigenvalue weighted by molar-refractivity contribution is 5.94. The van der Waals surface area contributed by atoms with Crippen LogP contribution in [0.4, 0.5) is 0 Å². The summed E-state index contributed by atoms with van der Waals surface area (Å²) in [6, 6.07) is 17.8. The molecule has 0 aliphatic carbocycles. The summed E-state index contributed by atoms with van der Waals surface area (Å²) in [6.07, 6.45) is 4.40. The Bertz CT molecular complexity index is 735. The maximum Gasteiger partial charge on any atom is 0.254 e. The number of hydrogen-bond donors (Lipinski definition) is 1. The second-order valence-corrected chi connectivity index (χ2v) is 6.52. The minimum absolute atomic E-state index is 0.102. The van der Waals surface area contributed by atoms with Crippen molar-refractivity contribution in [2.24, 2.45) is 0 Å². The van der Waals surface area contributed by atoms with Gasteiger partial charge < -0.3 is 14.5 Å². The van der Waals surface area contributed by atoms with Crippen LogP contribution in [0.3, 0.4) is 0 Å². The van der Waals surface area contributed by atoms with Gasteiger partial charge in [-0.25, -0.2) is 0 Å². The molecule has 0 bridgehead atoms. The van der Waals surface area contributed by atoms with Gasteiger partial charge in [0, 0.05) is 5.56 Å². The standard InChI is InChI=1S/C22H26N2O2/c1-2-26-21-12-6-11-20(18-21)22(25)24-16-14-23(15-17-24)13-7-10-19-8-4-3-5-9-19/h3-12,18H,2,13-17H2,1H3/p+1/b10-7+. The largest absolute Gasteiger partial charge is 0.494 e. The number of carbonyl (C=O) groups excluding carboxylic acids is 1. The Kier molecular flexibility index (Phi) is 6.45. The number of hydrogen-bond acceptors (Lipinski definition) is 2. The predicted octanol–water partition coefficient (Wildman–Crippen LogP) is 2.14. The Balaban J connectivity index is 1.49. The summed E-state index contributed by atoms with van der Waals surface area (Å²) in [5, 5.41) is 0. The van der Waals surface area contributed by atoms with Gasteiger partial charge in [-0.05, 0) is 36.8 Å². The lowest BCUT2D eigenvalue weighted by molar-refractivity contribution is -0.898. The molecule has 2 aromatic carbocycles. The zero-order valence-corrected chi connectivity index (χ0v) is 15.4. The monoisotopic (exact) mass is 351 g/mol. The lowest BCUT2D eigenvalue weighted by Gasteiger charge is -2.31. The first-order valence-electron chi connectivity index (χ1n) is 9.33. The van der Waals surface area contributed by atoms with E-state index in [1.807, 2.05) is 42.2 Å². The van der Waals surface area contributed by atoms with E-state index >= 15 is 0 Å². The number of ether oxygens (including phenoxy) is 1. The molecule has 4 heteroatoms. The SMILES string of the molecule is CCOc1cccc(C(=O)N2CC[NH+](C/C=C/c3ccccc3)CC2)c1. The minimum atomic E-state index is 0.102. The zero-order chi connectivity index (χ0) is 18.2. The molecule has 0 radical (unpaired) electrons. The van der Waals surface area contributed by atoms with Crippen LogP contribution >= 0.6 is 0 Å². The summed E-state index contributed by atoms with van der Waals surface area (Å²) < 4.78 is 5.50. The minimum Gasteiger partial charge on any atom is -0.494 e. The van der Waals surface area contributed by atoms with Crippen LogP contribution in [-0.4, -0.2) is 50.1 Å². The van der Waals surface area contributed by atoms with E-state index in [2.05, 4.69) is 36.4 Å². The lowest BCUT2D eigenvalue weighted by Crippen LogP contribution is -3.14. The average molecular weight is 351 g/mol. The second kappa shape index (κ2) is 9.20. The highest BCUT2D eigenvalue weighted by Gasteiger charge is 2.24. The molecular weight excluding hydrogens is 324 g/mol. The summed E-state index contributed by atoms with van der Waals surface area (Å²) in [4.78, 5) is 16.2. The maximum atomic E-state index is 12.7. The van der Waals surface area contributed by atoms with Gasteiger partial charge in [-0.15, -0.1) is 0 Å². The van der Waals surface area contributed by atoms with E-state index in [1.165, 1.54) is 10.5 Å². The molecule has 26 heavy (non-hydrogen) atoms. The Morgan fingerprint density at radius 3 is 2.62 bits per heavy atom. The van der Waals surface area contributed by atoms with Crippen molar-refractivity contribution in [2.75, 3.05) is 39.3 Å². The van der Waals surface area contributed by atoms with Gasteiger partial charge in [0.1, 0.15) is 5.75 Å². The molecule has 4 nitrogen and oxygen atoms in total. The van der Waals surface area contributed by atoms with Gasteiger partial charge in [-0.1, -0.05) is 42.5 Å². The molecule has 2 aromatic rings. The van der Waals surface area contributed by atoms with Gasteiger partial charge in [0.05, 0.1) is 39.3 Å². The van der Waals surface area contributed by atoms with Crippen LogP contribution in [0.15, 0.2) is 60.7 Å². The highest BCUT2D eigenvalue weighted by Crippen LogP contribution is 2.15. The summed E-state index contributed by atoms with van der Waals surface area (Å²) in [6.45, 7) is 7.11. The fourth-order valence-electron chi connectivity index (χ4n) is 3.22. The van der Waals surface area contributed by atoms with Crippen molar-refractivity contribution in [1.82, 2.24) is 4.90 Å². The average Bonchev–Trinajstić information content (AvgIpc) is 2.69. The summed E-state index contributed by atoms with van der Waals surface area (Å²) in [5.41, 5.74) is 1.94. The number of benzene rings is 2. The van der Waals surface area contributed by atoms with Crippen LogP contribution in [0.25, 0.3) is 6.08 Å². The van der Waals surface area contributed by atoms with Gasteiger partial charge in [-0.3, -0.25) is 4.79 Å². The molecule has 1 aliphatic heterocycles. The van der Waals surface area contributed by atoms with Crippen molar-refractivity contribution in [3.05, 3.63) is 71.8 Å². The first-order valence-corrected chi connectivity index (χ1v) is 9.33. The molecule has 3 rings (SSSR count). The normalized spacial score (nSPS) is 15.3. The molecule has 0 spiro atoms. The van der Waals surface area contributed by atoms with Crippen molar-refractivity contribution in [3.63, 3.8) is 0 Å². The first-order chi connectivity index (χ1) is 12.8. The molecule has 1 saturated heterocycles. The van der Waals surface area contributed by atoms with E-state index in [9.17, 15) is 4.79 Å². The van der Waals surface area contributed by atoms with Gasteiger partial charge >= 0.3 is 0 Å². The Morgan fingerprint density at radius 2 is 1.88 bits per heavy atom. The van der Waals surface area contributed by atoms with E-state index in [1.54, 1.807) is 0 Å². The van der Waals surface area contributed by atoms with E-state index in [-0.39, 0.29) is 5.91 Å². The molecule has 0 aromatic heterocycles. The van der Waals surface area contributed by atoms with Gasteiger partial charge in [0.25, 0.3) is 5.91 Å². The topological polar surface area (TPSA) is 34.0 Å². The van der Waals surface area contributed by atoms with Gasteiger partial charge in [-0.2, -0.15) is 0 Å². The van der Waals surface area contributed by atoms with Gasteiger partial charge in [0.15, 0.2) is 0 Å². The van der Waals surface area contributed by atoms with Crippen molar-refractivity contribution in [3.8, 4) is 5.75 Å². The van der Waals surface area contributed by atoms with Crippen molar-refractivity contribution >= 4 is 12.0 Å². The smallest absolute Gasteiger partial charge is 0.254 e. The van der Waals surface area contributed by atoms with Crippen molar-refractivity contribution < 1.29 is 14.4 Å². The molecule has 0 saturated carbocycles. The number of quaternary nitrogens is 1. The summed E-state index contributed by atoms with van der Waals surface area (Å²) >= 11 is 0. The third-order valence-electron chi connectivity index (χ3n) is 4.67.